The summed E-state index contributed by atoms with van der Waals surface area (Å²) in [7, 11) is 3.14. The van der Waals surface area contributed by atoms with Crippen molar-refractivity contribution in [3.05, 3.63) is 17.5 Å². The number of carbonyl (C=O) groups is 1. The SMILES string of the molecule is CN=C(NCc1cc(C(C)C)no1)NC1CCN(C(=O)OC)CC1. The topological polar surface area (TPSA) is 92.0 Å². The second kappa shape index (κ2) is 8.56. The largest absolute Gasteiger partial charge is 0.453 e. The van der Waals surface area contributed by atoms with E-state index in [0.29, 0.717) is 31.5 Å². The quantitative estimate of drug-likeness (QED) is 0.642. The third-order valence-corrected chi connectivity index (χ3v) is 4.09. The van der Waals surface area contributed by atoms with Gasteiger partial charge in [0.1, 0.15) is 0 Å². The van der Waals surface area contributed by atoms with Crippen LogP contribution in [0.4, 0.5) is 4.79 Å². The standard InChI is InChI=1S/C16H27N5O3/c1-11(2)14-9-13(24-20-14)10-18-15(17-3)19-12-5-7-21(8-6-12)16(22)23-4/h9,11-12H,5-8,10H2,1-4H3,(H2,17,18,19). The van der Waals surface area contributed by atoms with Crippen LogP contribution in [0.15, 0.2) is 15.6 Å². The van der Waals surface area contributed by atoms with Gasteiger partial charge in [0.2, 0.25) is 0 Å². The highest BCUT2D eigenvalue weighted by Gasteiger charge is 2.23. The van der Waals surface area contributed by atoms with Crippen LogP contribution < -0.4 is 10.6 Å². The molecular weight excluding hydrogens is 310 g/mol. The van der Waals surface area contributed by atoms with Crippen molar-refractivity contribution in [2.75, 3.05) is 27.2 Å². The van der Waals surface area contributed by atoms with Gasteiger partial charge in [-0.1, -0.05) is 19.0 Å². The van der Waals surface area contributed by atoms with Gasteiger partial charge in [-0.15, -0.1) is 0 Å². The zero-order valence-electron chi connectivity index (χ0n) is 14.8. The van der Waals surface area contributed by atoms with E-state index >= 15 is 0 Å². The van der Waals surface area contributed by atoms with Crippen molar-refractivity contribution in [3.63, 3.8) is 0 Å². The van der Waals surface area contributed by atoms with Crippen LogP contribution in [0.3, 0.4) is 0 Å². The number of carbonyl (C=O) groups excluding carboxylic acids is 1. The Morgan fingerprint density at radius 3 is 2.75 bits per heavy atom. The Labute approximate surface area is 142 Å². The van der Waals surface area contributed by atoms with Crippen molar-refractivity contribution in [3.8, 4) is 0 Å². The maximum atomic E-state index is 11.5. The first-order valence-corrected chi connectivity index (χ1v) is 8.29. The molecule has 24 heavy (non-hydrogen) atoms. The minimum absolute atomic E-state index is 0.262. The van der Waals surface area contributed by atoms with Crippen LogP contribution in [-0.4, -0.2) is 55.4 Å². The van der Waals surface area contributed by atoms with Gasteiger partial charge in [0.25, 0.3) is 0 Å². The van der Waals surface area contributed by atoms with Crippen LogP contribution in [0, 0.1) is 0 Å². The van der Waals surface area contributed by atoms with Crippen LogP contribution in [0.5, 0.6) is 0 Å². The maximum absolute atomic E-state index is 11.5. The molecule has 0 aromatic carbocycles. The highest BCUT2D eigenvalue weighted by atomic mass is 16.5. The fraction of sp³-hybridized carbons (Fsp3) is 0.688. The second-order valence-corrected chi connectivity index (χ2v) is 6.17. The van der Waals surface area contributed by atoms with Gasteiger partial charge in [0, 0.05) is 32.2 Å². The molecular formula is C16H27N5O3. The Morgan fingerprint density at radius 1 is 1.50 bits per heavy atom. The molecule has 0 aliphatic carbocycles. The van der Waals surface area contributed by atoms with Crippen molar-refractivity contribution < 1.29 is 14.1 Å². The lowest BCUT2D eigenvalue weighted by Crippen LogP contribution is -2.49. The molecule has 1 aliphatic heterocycles. The van der Waals surface area contributed by atoms with Gasteiger partial charge >= 0.3 is 6.09 Å². The predicted molar refractivity (Wildman–Crippen MR) is 90.9 cm³/mol. The average molecular weight is 337 g/mol. The molecule has 2 N–H and O–H groups in total. The van der Waals surface area contributed by atoms with E-state index in [2.05, 4.69) is 34.6 Å². The molecule has 0 radical (unpaired) electrons. The molecule has 1 aromatic heterocycles. The molecule has 0 bridgehead atoms. The van der Waals surface area contributed by atoms with Crippen molar-refractivity contribution >= 4 is 12.1 Å². The monoisotopic (exact) mass is 337 g/mol. The van der Waals surface area contributed by atoms with Crippen molar-refractivity contribution in [1.29, 1.82) is 0 Å². The molecule has 0 unspecified atom stereocenters. The summed E-state index contributed by atoms with van der Waals surface area (Å²) in [5.74, 6) is 1.84. The van der Waals surface area contributed by atoms with Gasteiger partial charge in [-0.05, 0) is 18.8 Å². The predicted octanol–water partition coefficient (Wildman–Crippen LogP) is 1.69. The van der Waals surface area contributed by atoms with Crippen LogP contribution >= 0.6 is 0 Å². The van der Waals surface area contributed by atoms with Crippen molar-refractivity contribution in [1.82, 2.24) is 20.7 Å². The molecule has 134 valence electrons. The lowest BCUT2D eigenvalue weighted by molar-refractivity contribution is 0.111. The summed E-state index contributed by atoms with van der Waals surface area (Å²) in [6.45, 7) is 6.05. The molecule has 8 heteroatoms. The number of ether oxygens (including phenoxy) is 1. The van der Waals surface area contributed by atoms with Gasteiger partial charge < -0.3 is 24.8 Å². The zero-order chi connectivity index (χ0) is 17.5. The highest BCUT2D eigenvalue weighted by molar-refractivity contribution is 5.79. The maximum Gasteiger partial charge on any atom is 0.409 e. The third kappa shape index (κ3) is 4.87. The summed E-state index contributed by atoms with van der Waals surface area (Å²) >= 11 is 0. The number of aliphatic imine (C=N–C) groups is 1. The van der Waals surface area contributed by atoms with Gasteiger partial charge in [-0.25, -0.2) is 4.79 Å². The van der Waals surface area contributed by atoms with E-state index in [-0.39, 0.29) is 12.1 Å². The number of rotatable bonds is 4. The molecule has 1 aliphatic rings. The fourth-order valence-electron chi connectivity index (χ4n) is 2.58. The minimum Gasteiger partial charge on any atom is -0.453 e. The highest BCUT2D eigenvalue weighted by Crippen LogP contribution is 2.14. The molecule has 1 saturated heterocycles. The van der Waals surface area contributed by atoms with Crippen LogP contribution in [0.2, 0.25) is 0 Å². The Balaban J connectivity index is 1.77. The molecule has 0 atom stereocenters. The number of hydrogen-bond donors (Lipinski definition) is 2. The van der Waals surface area contributed by atoms with E-state index in [1.54, 1.807) is 11.9 Å². The number of guanidine groups is 1. The first-order valence-electron chi connectivity index (χ1n) is 8.29. The molecule has 0 spiro atoms. The van der Waals surface area contributed by atoms with Crippen molar-refractivity contribution in [2.24, 2.45) is 4.99 Å². The summed E-state index contributed by atoms with van der Waals surface area (Å²) in [6, 6.07) is 2.23. The normalized spacial score (nSPS) is 16.4. The fourth-order valence-corrected chi connectivity index (χ4v) is 2.58. The molecule has 1 aromatic rings. The summed E-state index contributed by atoms with van der Waals surface area (Å²) in [4.78, 5) is 17.4. The van der Waals surface area contributed by atoms with Crippen molar-refractivity contribution in [2.45, 2.75) is 45.2 Å². The van der Waals surface area contributed by atoms with E-state index in [0.717, 1.165) is 24.3 Å². The number of piperidine rings is 1. The average Bonchev–Trinajstić information content (AvgIpc) is 3.07. The number of nitrogens with one attached hydrogen (secondary N) is 2. The van der Waals surface area contributed by atoms with Crippen LogP contribution in [-0.2, 0) is 11.3 Å². The Hall–Kier alpha value is -2.25. The molecule has 2 heterocycles. The van der Waals surface area contributed by atoms with E-state index in [4.69, 9.17) is 9.26 Å². The third-order valence-electron chi connectivity index (χ3n) is 4.09. The minimum atomic E-state index is -0.262. The molecule has 0 saturated carbocycles. The second-order valence-electron chi connectivity index (χ2n) is 6.17. The summed E-state index contributed by atoms with van der Waals surface area (Å²) in [6.07, 6.45) is 1.45. The number of methoxy groups -OCH3 is 1. The van der Waals surface area contributed by atoms with Gasteiger partial charge in [0.15, 0.2) is 11.7 Å². The summed E-state index contributed by atoms with van der Waals surface area (Å²) in [5, 5.41) is 10.7. The first-order chi connectivity index (χ1) is 11.5. The lowest BCUT2D eigenvalue weighted by Gasteiger charge is -2.32. The van der Waals surface area contributed by atoms with Crippen LogP contribution in [0.1, 0.15) is 44.1 Å². The summed E-state index contributed by atoms with van der Waals surface area (Å²) in [5.41, 5.74) is 0.949. The number of hydrogen-bond acceptors (Lipinski definition) is 5. The molecule has 8 nitrogen and oxygen atoms in total. The lowest BCUT2D eigenvalue weighted by atomic mass is 10.1. The summed E-state index contributed by atoms with van der Waals surface area (Å²) < 4.78 is 10.1. The van der Waals surface area contributed by atoms with E-state index in [9.17, 15) is 4.79 Å². The van der Waals surface area contributed by atoms with E-state index in [1.165, 1.54) is 7.11 Å². The zero-order valence-corrected chi connectivity index (χ0v) is 14.8. The van der Waals surface area contributed by atoms with E-state index < -0.39 is 0 Å². The Kier molecular flexibility index (Phi) is 6.45. The van der Waals surface area contributed by atoms with Crippen LogP contribution in [0.25, 0.3) is 0 Å². The smallest absolute Gasteiger partial charge is 0.409 e. The Morgan fingerprint density at radius 2 is 2.21 bits per heavy atom. The van der Waals surface area contributed by atoms with Gasteiger partial charge in [-0.3, -0.25) is 4.99 Å². The number of nitrogens with zero attached hydrogens (tertiary/aromatic N) is 3. The van der Waals surface area contributed by atoms with Gasteiger partial charge in [-0.2, -0.15) is 0 Å². The van der Waals surface area contributed by atoms with E-state index in [1.807, 2.05) is 6.07 Å². The first kappa shape index (κ1) is 18.1. The molecule has 2 rings (SSSR count). The Bertz CT molecular complexity index is 562. The number of likely N-dealkylation sites (tertiary alicyclic amines) is 1. The van der Waals surface area contributed by atoms with Gasteiger partial charge in [0.05, 0.1) is 19.3 Å². The molecule has 1 fully saturated rings. The molecule has 1 amide bonds. The number of amides is 1. The number of aromatic nitrogens is 1.